The topological polar surface area (TPSA) is 75.7 Å². The molecule has 0 spiro atoms. The van der Waals surface area contributed by atoms with Crippen molar-refractivity contribution in [3.8, 4) is 0 Å². The highest BCUT2D eigenvalue weighted by Gasteiger charge is 2.26. The third-order valence-corrected chi connectivity index (χ3v) is 5.77. The average molecular weight is 407 g/mol. The van der Waals surface area contributed by atoms with Gasteiger partial charge in [0.2, 0.25) is 5.91 Å². The summed E-state index contributed by atoms with van der Waals surface area (Å²) in [5.41, 5.74) is 2.17. The van der Waals surface area contributed by atoms with Crippen LogP contribution >= 0.6 is 11.8 Å². The van der Waals surface area contributed by atoms with Gasteiger partial charge in [-0.2, -0.15) is 0 Å². The molecule has 7 heteroatoms. The first-order chi connectivity index (χ1) is 13.3. The van der Waals surface area contributed by atoms with E-state index in [0.29, 0.717) is 35.3 Å². The number of nitrogens with zero attached hydrogens (tertiary/aromatic N) is 1. The summed E-state index contributed by atoms with van der Waals surface area (Å²) in [5.74, 6) is 1.35. The molecule has 1 saturated heterocycles. The van der Waals surface area contributed by atoms with Gasteiger partial charge in [-0.1, -0.05) is 19.9 Å². The molecule has 1 N–H and O–H groups in total. The second-order valence-corrected chi connectivity index (χ2v) is 8.72. The van der Waals surface area contributed by atoms with Gasteiger partial charge in [0.15, 0.2) is 0 Å². The van der Waals surface area contributed by atoms with Gasteiger partial charge < -0.3 is 15.0 Å². The highest BCUT2D eigenvalue weighted by Crippen LogP contribution is 2.24. The second kappa shape index (κ2) is 10.5. The lowest BCUT2D eigenvalue weighted by atomic mass is 9.91. The SMILES string of the molecule is COC(=O)CSCCC(=O)Nc1cc(C(=O)N2CC(C)CC(C)C2)ccc1C. The van der Waals surface area contributed by atoms with Gasteiger partial charge in [-0.15, -0.1) is 11.8 Å². The van der Waals surface area contributed by atoms with E-state index in [2.05, 4.69) is 23.9 Å². The zero-order valence-electron chi connectivity index (χ0n) is 17.1. The molecule has 2 unspecified atom stereocenters. The van der Waals surface area contributed by atoms with Crippen LogP contribution in [-0.2, 0) is 14.3 Å². The van der Waals surface area contributed by atoms with Crippen molar-refractivity contribution in [1.82, 2.24) is 4.90 Å². The molecule has 1 aliphatic rings. The van der Waals surface area contributed by atoms with Gasteiger partial charge in [-0.3, -0.25) is 14.4 Å². The molecule has 0 bridgehead atoms. The molecule has 2 rings (SSSR count). The van der Waals surface area contributed by atoms with Gasteiger partial charge in [0.25, 0.3) is 5.91 Å². The Morgan fingerprint density at radius 3 is 2.54 bits per heavy atom. The number of likely N-dealkylation sites (tertiary alicyclic amines) is 1. The Hall–Kier alpha value is -2.02. The van der Waals surface area contributed by atoms with E-state index in [9.17, 15) is 14.4 Å². The molecule has 28 heavy (non-hydrogen) atoms. The summed E-state index contributed by atoms with van der Waals surface area (Å²) < 4.78 is 4.57. The maximum atomic E-state index is 12.9. The molecule has 6 nitrogen and oxygen atoms in total. The minimum absolute atomic E-state index is 0.0162. The van der Waals surface area contributed by atoms with Crippen LogP contribution in [0.3, 0.4) is 0 Å². The molecule has 2 amide bonds. The monoisotopic (exact) mass is 406 g/mol. The number of thioether (sulfide) groups is 1. The lowest BCUT2D eigenvalue weighted by molar-refractivity contribution is -0.137. The summed E-state index contributed by atoms with van der Waals surface area (Å²) in [6.45, 7) is 7.80. The van der Waals surface area contributed by atoms with Crippen LogP contribution in [0, 0.1) is 18.8 Å². The lowest BCUT2D eigenvalue weighted by Crippen LogP contribution is -2.42. The van der Waals surface area contributed by atoms with E-state index in [-0.39, 0.29) is 23.5 Å². The van der Waals surface area contributed by atoms with Crippen LogP contribution in [0.1, 0.15) is 42.6 Å². The molecule has 2 atom stereocenters. The number of methoxy groups -OCH3 is 1. The number of ether oxygens (including phenoxy) is 1. The number of benzene rings is 1. The lowest BCUT2D eigenvalue weighted by Gasteiger charge is -2.35. The van der Waals surface area contributed by atoms with E-state index in [1.54, 1.807) is 6.07 Å². The number of hydrogen-bond donors (Lipinski definition) is 1. The Bertz CT molecular complexity index is 712. The molecular weight excluding hydrogens is 376 g/mol. The number of anilines is 1. The molecular formula is C21H30N2O4S. The van der Waals surface area contributed by atoms with Crippen molar-refractivity contribution in [2.75, 3.05) is 37.0 Å². The van der Waals surface area contributed by atoms with Gasteiger partial charge >= 0.3 is 5.97 Å². The van der Waals surface area contributed by atoms with E-state index in [0.717, 1.165) is 25.1 Å². The molecule has 0 saturated carbocycles. The van der Waals surface area contributed by atoms with Crippen molar-refractivity contribution in [3.63, 3.8) is 0 Å². The largest absolute Gasteiger partial charge is 0.468 e. The first-order valence-corrected chi connectivity index (χ1v) is 10.8. The molecule has 1 aromatic rings. The predicted molar refractivity (Wildman–Crippen MR) is 113 cm³/mol. The number of amides is 2. The highest BCUT2D eigenvalue weighted by molar-refractivity contribution is 7.99. The van der Waals surface area contributed by atoms with Crippen LogP contribution < -0.4 is 5.32 Å². The quantitative estimate of drug-likeness (QED) is 0.555. The van der Waals surface area contributed by atoms with Crippen molar-refractivity contribution < 1.29 is 19.1 Å². The molecule has 1 aliphatic heterocycles. The minimum atomic E-state index is -0.297. The van der Waals surface area contributed by atoms with Crippen LogP contribution in [0.2, 0.25) is 0 Å². The Kier molecular flexibility index (Phi) is 8.35. The summed E-state index contributed by atoms with van der Waals surface area (Å²) in [6.07, 6.45) is 1.44. The van der Waals surface area contributed by atoms with Crippen molar-refractivity contribution in [2.45, 2.75) is 33.6 Å². The summed E-state index contributed by atoms with van der Waals surface area (Å²) in [7, 11) is 1.35. The van der Waals surface area contributed by atoms with E-state index in [1.165, 1.54) is 18.9 Å². The van der Waals surface area contributed by atoms with Gasteiger partial charge in [0.05, 0.1) is 12.9 Å². The van der Waals surface area contributed by atoms with Crippen LogP contribution in [0.5, 0.6) is 0 Å². The molecule has 0 aromatic heterocycles. The zero-order valence-corrected chi connectivity index (χ0v) is 17.9. The standard InChI is InChI=1S/C21H30N2O4S/c1-14-9-15(2)12-23(11-14)21(26)17-6-5-16(3)18(10-17)22-19(24)7-8-28-13-20(25)27-4/h5-6,10,14-15H,7-9,11-13H2,1-4H3,(H,22,24). The first-order valence-electron chi connectivity index (χ1n) is 9.64. The molecule has 1 fully saturated rings. The number of esters is 1. The number of nitrogens with one attached hydrogen (secondary N) is 1. The third-order valence-electron chi connectivity index (χ3n) is 4.84. The van der Waals surface area contributed by atoms with E-state index in [4.69, 9.17) is 0 Å². The number of rotatable bonds is 7. The maximum absolute atomic E-state index is 12.9. The fourth-order valence-electron chi connectivity index (χ4n) is 3.49. The number of carbonyl (C=O) groups is 3. The third kappa shape index (κ3) is 6.55. The van der Waals surface area contributed by atoms with E-state index in [1.807, 2.05) is 24.0 Å². The second-order valence-electron chi connectivity index (χ2n) is 7.61. The summed E-state index contributed by atoms with van der Waals surface area (Å²) in [6, 6.07) is 5.45. The molecule has 154 valence electrons. The highest BCUT2D eigenvalue weighted by atomic mass is 32.2. The summed E-state index contributed by atoms with van der Waals surface area (Å²) in [4.78, 5) is 38.1. The normalized spacial score (nSPS) is 19.2. The molecule has 0 aliphatic carbocycles. The smallest absolute Gasteiger partial charge is 0.315 e. The number of piperidine rings is 1. The average Bonchev–Trinajstić information content (AvgIpc) is 2.65. The molecule has 1 aromatic carbocycles. The van der Waals surface area contributed by atoms with Gasteiger partial charge in [0.1, 0.15) is 0 Å². The fraction of sp³-hybridized carbons (Fsp3) is 0.571. The first kappa shape index (κ1) is 22.3. The fourth-order valence-corrected chi connectivity index (χ4v) is 4.25. The zero-order chi connectivity index (χ0) is 20.7. The van der Waals surface area contributed by atoms with Crippen LogP contribution in [-0.4, -0.2) is 54.4 Å². The van der Waals surface area contributed by atoms with Crippen LogP contribution in [0.15, 0.2) is 18.2 Å². The molecule has 0 radical (unpaired) electrons. The van der Waals surface area contributed by atoms with Crippen molar-refractivity contribution in [1.29, 1.82) is 0 Å². The Morgan fingerprint density at radius 2 is 1.89 bits per heavy atom. The summed E-state index contributed by atoms with van der Waals surface area (Å²) >= 11 is 1.36. The Labute approximate surface area is 171 Å². The van der Waals surface area contributed by atoms with Crippen LogP contribution in [0.4, 0.5) is 5.69 Å². The van der Waals surface area contributed by atoms with Crippen molar-refractivity contribution in [2.24, 2.45) is 11.8 Å². The van der Waals surface area contributed by atoms with E-state index < -0.39 is 0 Å². The number of hydrogen-bond acceptors (Lipinski definition) is 5. The van der Waals surface area contributed by atoms with Crippen molar-refractivity contribution >= 4 is 35.2 Å². The minimum Gasteiger partial charge on any atom is -0.468 e. The van der Waals surface area contributed by atoms with Gasteiger partial charge in [0, 0.05) is 36.5 Å². The number of aryl methyl sites for hydroxylation is 1. The maximum Gasteiger partial charge on any atom is 0.315 e. The predicted octanol–water partition coefficient (Wildman–Crippen LogP) is 3.35. The Morgan fingerprint density at radius 1 is 1.21 bits per heavy atom. The van der Waals surface area contributed by atoms with Crippen molar-refractivity contribution in [3.05, 3.63) is 29.3 Å². The number of carbonyl (C=O) groups excluding carboxylic acids is 3. The summed E-state index contributed by atoms with van der Waals surface area (Å²) in [5, 5.41) is 2.89. The van der Waals surface area contributed by atoms with E-state index >= 15 is 0 Å². The van der Waals surface area contributed by atoms with Gasteiger partial charge in [-0.05, 0) is 42.9 Å². The Balaban J connectivity index is 1.95. The van der Waals surface area contributed by atoms with Gasteiger partial charge in [-0.25, -0.2) is 0 Å². The molecule has 1 heterocycles. The van der Waals surface area contributed by atoms with Crippen LogP contribution in [0.25, 0.3) is 0 Å².